The standard InChI is InChI=1S/C15H21N3O2S/c1-10(18-8-7-15(2,20)9-18)14(19)17-12-6-4-3-5-11(12)13(16)21/h3-6,10,20H,7-9H2,1-2H3,(H2,16,21)(H,17,19). The van der Waals surface area contributed by atoms with Gasteiger partial charge in [-0.05, 0) is 32.4 Å². The number of hydrogen-bond acceptors (Lipinski definition) is 4. The number of nitrogens with two attached hydrogens (primary N) is 1. The SMILES string of the molecule is CC(C(=O)Nc1ccccc1C(N)=S)N1CCC(C)(O)C1. The first-order valence-electron chi connectivity index (χ1n) is 6.96. The highest BCUT2D eigenvalue weighted by molar-refractivity contribution is 7.80. The smallest absolute Gasteiger partial charge is 0.241 e. The number of nitrogens with one attached hydrogen (secondary N) is 1. The number of hydrogen-bond donors (Lipinski definition) is 3. The van der Waals surface area contributed by atoms with Gasteiger partial charge in [0.15, 0.2) is 0 Å². The second-order valence-electron chi connectivity index (χ2n) is 5.79. The maximum absolute atomic E-state index is 12.4. The van der Waals surface area contributed by atoms with E-state index < -0.39 is 5.60 Å². The van der Waals surface area contributed by atoms with Crippen LogP contribution in [0, 0.1) is 0 Å². The van der Waals surface area contributed by atoms with Crippen molar-refractivity contribution in [1.29, 1.82) is 0 Å². The number of amides is 1. The molecule has 5 nitrogen and oxygen atoms in total. The first kappa shape index (κ1) is 15.9. The molecule has 0 aromatic heterocycles. The molecule has 0 spiro atoms. The van der Waals surface area contributed by atoms with E-state index in [1.165, 1.54) is 0 Å². The van der Waals surface area contributed by atoms with E-state index in [9.17, 15) is 9.90 Å². The molecule has 114 valence electrons. The molecule has 21 heavy (non-hydrogen) atoms. The maximum atomic E-state index is 12.4. The Hall–Kier alpha value is -1.50. The van der Waals surface area contributed by atoms with Gasteiger partial charge in [0.25, 0.3) is 0 Å². The summed E-state index contributed by atoms with van der Waals surface area (Å²) in [6.07, 6.45) is 0.675. The van der Waals surface area contributed by atoms with Gasteiger partial charge < -0.3 is 16.2 Å². The van der Waals surface area contributed by atoms with Crippen LogP contribution in [0.2, 0.25) is 0 Å². The van der Waals surface area contributed by atoms with Crippen LogP contribution in [0.15, 0.2) is 24.3 Å². The summed E-state index contributed by atoms with van der Waals surface area (Å²) in [5.74, 6) is -0.128. The monoisotopic (exact) mass is 307 g/mol. The Labute approximate surface area is 130 Å². The molecule has 0 saturated carbocycles. The minimum atomic E-state index is -0.717. The fourth-order valence-corrected chi connectivity index (χ4v) is 2.70. The van der Waals surface area contributed by atoms with Crippen molar-refractivity contribution in [3.05, 3.63) is 29.8 Å². The molecule has 1 fully saturated rings. The topological polar surface area (TPSA) is 78.6 Å². The van der Waals surface area contributed by atoms with E-state index >= 15 is 0 Å². The van der Waals surface area contributed by atoms with E-state index in [0.717, 1.165) is 0 Å². The van der Waals surface area contributed by atoms with Gasteiger partial charge in [-0.1, -0.05) is 24.4 Å². The van der Waals surface area contributed by atoms with Crippen LogP contribution in [-0.4, -0.2) is 45.6 Å². The minimum Gasteiger partial charge on any atom is -0.389 e. The molecule has 0 radical (unpaired) electrons. The van der Waals surface area contributed by atoms with Gasteiger partial charge in [0, 0.05) is 18.7 Å². The largest absolute Gasteiger partial charge is 0.389 e. The molecule has 1 saturated heterocycles. The highest BCUT2D eigenvalue weighted by atomic mass is 32.1. The summed E-state index contributed by atoms with van der Waals surface area (Å²) < 4.78 is 0. The lowest BCUT2D eigenvalue weighted by molar-refractivity contribution is -0.120. The molecule has 6 heteroatoms. The van der Waals surface area contributed by atoms with Crippen LogP contribution in [0.1, 0.15) is 25.8 Å². The lowest BCUT2D eigenvalue weighted by atomic mass is 10.1. The number of anilines is 1. The zero-order valence-electron chi connectivity index (χ0n) is 12.3. The van der Waals surface area contributed by atoms with Crippen molar-refractivity contribution in [2.24, 2.45) is 5.73 Å². The van der Waals surface area contributed by atoms with Gasteiger partial charge in [0.2, 0.25) is 5.91 Å². The fraction of sp³-hybridized carbons (Fsp3) is 0.467. The molecule has 2 atom stereocenters. The number of nitrogens with zero attached hydrogens (tertiary/aromatic N) is 1. The van der Waals surface area contributed by atoms with E-state index in [0.29, 0.717) is 30.8 Å². The van der Waals surface area contributed by atoms with Crippen molar-refractivity contribution in [3.63, 3.8) is 0 Å². The summed E-state index contributed by atoms with van der Waals surface area (Å²) in [6.45, 7) is 4.83. The number of benzene rings is 1. The predicted molar refractivity (Wildman–Crippen MR) is 87.2 cm³/mol. The second-order valence-corrected chi connectivity index (χ2v) is 6.23. The lowest BCUT2D eigenvalue weighted by Crippen LogP contribution is -2.42. The lowest BCUT2D eigenvalue weighted by Gasteiger charge is -2.25. The zero-order chi connectivity index (χ0) is 15.6. The fourth-order valence-electron chi connectivity index (χ4n) is 2.52. The van der Waals surface area contributed by atoms with Crippen LogP contribution < -0.4 is 11.1 Å². The van der Waals surface area contributed by atoms with Crippen molar-refractivity contribution in [2.75, 3.05) is 18.4 Å². The molecule has 1 heterocycles. The van der Waals surface area contributed by atoms with Crippen molar-refractivity contribution in [3.8, 4) is 0 Å². The number of para-hydroxylation sites is 1. The predicted octanol–water partition coefficient (Wildman–Crippen LogP) is 1.10. The quantitative estimate of drug-likeness (QED) is 0.726. The highest BCUT2D eigenvalue weighted by Gasteiger charge is 2.35. The number of carbonyl (C=O) groups is 1. The Kier molecular flexibility index (Phi) is 4.61. The molecule has 2 unspecified atom stereocenters. The molecular weight excluding hydrogens is 286 g/mol. The second kappa shape index (κ2) is 6.09. The Morgan fingerprint density at radius 3 is 2.76 bits per heavy atom. The molecule has 2 rings (SSSR count). The number of thiocarbonyl (C=S) groups is 1. The molecule has 1 aromatic carbocycles. The highest BCUT2D eigenvalue weighted by Crippen LogP contribution is 2.23. The van der Waals surface area contributed by atoms with Crippen molar-refractivity contribution in [2.45, 2.75) is 31.9 Å². The molecule has 0 aliphatic carbocycles. The Balaban J connectivity index is 2.07. The summed E-state index contributed by atoms with van der Waals surface area (Å²) in [5, 5.41) is 12.9. The van der Waals surface area contributed by atoms with Crippen molar-refractivity contribution < 1.29 is 9.90 Å². The molecule has 1 aliphatic heterocycles. The molecule has 1 aromatic rings. The summed E-state index contributed by atoms with van der Waals surface area (Å²) in [5.41, 5.74) is 6.22. The molecule has 0 bridgehead atoms. The number of aliphatic hydroxyl groups is 1. The third-order valence-electron chi connectivity index (χ3n) is 3.86. The maximum Gasteiger partial charge on any atom is 0.241 e. The van der Waals surface area contributed by atoms with Crippen LogP contribution in [0.5, 0.6) is 0 Å². The first-order chi connectivity index (χ1) is 9.80. The van der Waals surface area contributed by atoms with E-state index in [1.54, 1.807) is 19.1 Å². The Morgan fingerprint density at radius 2 is 2.19 bits per heavy atom. The molecule has 1 amide bonds. The van der Waals surface area contributed by atoms with Gasteiger partial charge >= 0.3 is 0 Å². The summed E-state index contributed by atoms with van der Waals surface area (Å²) in [7, 11) is 0. The average molecular weight is 307 g/mol. The van der Waals surface area contributed by atoms with E-state index in [-0.39, 0.29) is 16.9 Å². The summed E-state index contributed by atoms with van der Waals surface area (Å²) >= 11 is 4.99. The normalized spacial score (nSPS) is 23.8. The number of β-amino-alcohol motifs (C(OH)–C–C–N with tert-alkyl or cyclic N) is 1. The van der Waals surface area contributed by atoms with Crippen molar-refractivity contribution >= 4 is 28.8 Å². The van der Waals surface area contributed by atoms with E-state index in [1.807, 2.05) is 24.0 Å². The van der Waals surface area contributed by atoms with Crippen LogP contribution in [0.25, 0.3) is 0 Å². The molecular formula is C15H21N3O2S. The average Bonchev–Trinajstić information content (AvgIpc) is 2.78. The first-order valence-corrected chi connectivity index (χ1v) is 7.37. The zero-order valence-corrected chi connectivity index (χ0v) is 13.1. The van der Waals surface area contributed by atoms with Crippen LogP contribution >= 0.6 is 12.2 Å². The third-order valence-corrected chi connectivity index (χ3v) is 4.08. The van der Waals surface area contributed by atoms with Gasteiger partial charge in [-0.25, -0.2) is 0 Å². The van der Waals surface area contributed by atoms with E-state index in [2.05, 4.69) is 5.32 Å². The third kappa shape index (κ3) is 3.78. The summed E-state index contributed by atoms with van der Waals surface area (Å²) in [4.78, 5) is 14.6. The van der Waals surface area contributed by atoms with Gasteiger partial charge in [-0.15, -0.1) is 0 Å². The van der Waals surface area contributed by atoms with Crippen LogP contribution in [0.4, 0.5) is 5.69 Å². The van der Waals surface area contributed by atoms with Crippen LogP contribution in [-0.2, 0) is 4.79 Å². The summed E-state index contributed by atoms with van der Waals surface area (Å²) in [6, 6.07) is 6.88. The molecule has 1 aliphatic rings. The van der Waals surface area contributed by atoms with E-state index in [4.69, 9.17) is 18.0 Å². The number of likely N-dealkylation sites (tertiary alicyclic amines) is 1. The minimum absolute atomic E-state index is 0.128. The Morgan fingerprint density at radius 1 is 1.52 bits per heavy atom. The van der Waals surface area contributed by atoms with Crippen LogP contribution in [0.3, 0.4) is 0 Å². The van der Waals surface area contributed by atoms with Gasteiger partial charge in [-0.2, -0.15) is 0 Å². The number of carbonyl (C=O) groups excluding carboxylic acids is 1. The number of rotatable bonds is 4. The molecule has 4 N–H and O–H groups in total. The van der Waals surface area contributed by atoms with Crippen molar-refractivity contribution in [1.82, 2.24) is 4.90 Å². The van der Waals surface area contributed by atoms with Gasteiger partial charge in [0.05, 0.1) is 17.3 Å². The Bertz CT molecular complexity index is 560. The van der Waals surface area contributed by atoms with Gasteiger partial charge in [-0.3, -0.25) is 9.69 Å². The van der Waals surface area contributed by atoms with Gasteiger partial charge in [0.1, 0.15) is 4.99 Å².